The summed E-state index contributed by atoms with van der Waals surface area (Å²) in [6, 6.07) is 3.65. The first-order valence-corrected chi connectivity index (χ1v) is 6.97. The molecule has 0 unspecified atom stereocenters. The van der Waals surface area contributed by atoms with Crippen LogP contribution in [0.15, 0.2) is 24.5 Å². The van der Waals surface area contributed by atoms with Gasteiger partial charge in [0.25, 0.3) is 0 Å². The number of thiazole rings is 1. The van der Waals surface area contributed by atoms with Gasteiger partial charge >= 0.3 is 5.97 Å². The first-order chi connectivity index (χ1) is 9.24. The van der Waals surface area contributed by atoms with Crippen molar-refractivity contribution in [2.45, 2.75) is 25.2 Å². The fraction of sp³-hybridized carbons (Fsp3) is 0.308. The van der Waals surface area contributed by atoms with Crippen LogP contribution in [-0.2, 0) is 0 Å². The van der Waals surface area contributed by atoms with E-state index in [9.17, 15) is 9.90 Å². The lowest BCUT2D eigenvalue weighted by Gasteiger charge is -2.22. The maximum atomic E-state index is 11.2. The van der Waals surface area contributed by atoms with Crippen LogP contribution in [0.4, 0.5) is 10.7 Å². The Hall–Kier alpha value is -1.95. The van der Waals surface area contributed by atoms with Gasteiger partial charge in [-0.2, -0.15) is 0 Å². The fourth-order valence-corrected chi connectivity index (χ4v) is 3.11. The zero-order valence-electron chi connectivity index (χ0n) is 10.2. The smallest absolute Gasteiger partial charge is 0.357 e. The van der Waals surface area contributed by atoms with Crippen LogP contribution in [0.3, 0.4) is 0 Å². The van der Waals surface area contributed by atoms with E-state index in [1.54, 1.807) is 18.5 Å². The van der Waals surface area contributed by atoms with Crippen LogP contribution in [0.5, 0.6) is 0 Å². The summed E-state index contributed by atoms with van der Waals surface area (Å²) in [4.78, 5) is 19.5. The van der Waals surface area contributed by atoms with Gasteiger partial charge in [-0.25, -0.2) is 9.78 Å². The number of carboxylic acids is 1. The molecule has 1 fully saturated rings. The van der Waals surface area contributed by atoms with Gasteiger partial charge in [-0.1, -0.05) is 6.42 Å². The van der Waals surface area contributed by atoms with Crippen LogP contribution >= 0.6 is 11.3 Å². The van der Waals surface area contributed by atoms with Crippen molar-refractivity contribution in [3.63, 3.8) is 0 Å². The van der Waals surface area contributed by atoms with Crippen molar-refractivity contribution >= 4 is 28.0 Å². The molecule has 2 aromatic heterocycles. The molecular formula is C13H13N3O2S. The first-order valence-electron chi connectivity index (χ1n) is 6.15. The average Bonchev–Trinajstić information content (AvgIpc) is 2.72. The highest BCUT2D eigenvalue weighted by atomic mass is 32.1. The van der Waals surface area contributed by atoms with Gasteiger partial charge in [-0.3, -0.25) is 4.98 Å². The highest BCUT2D eigenvalue weighted by molar-refractivity contribution is 7.16. The third kappa shape index (κ3) is 2.44. The largest absolute Gasteiger partial charge is 0.476 e. The summed E-state index contributed by atoms with van der Waals surface area (Å²) in [7, 11) is 0. The predicted octanol–water partition coefficient (Wildman–Crippen LogP) is 3.25. The van der Waals surface area contributed by atoms with Crippen LogP contribution < -0.4 is 5.32 Å². The third-order valence-corrected chi connectivity index (χ3v) is 4.35. The number of aromatic carboxylic acids is 1. The lowest BCUT2D eigenvalue weighted by atomic mass is 9.86. The number of pyridine rings is 1. The van der Waals surface area contributed by atoms with E-state index in [4.69, 9.17) is 0 Å². The zero-order valence-corrected chi connectivity index (χ0v) is 11.0. The molecule has 2 N–H and O–H groups in total. The Morgan fingerprint density at radius 2 is 2.32 bits per heavy atom. The number of carbonyl (C=O) groups is 1. The molecule has 0 amide bonds. The summed E-state index contributed by atoms with van der Waals surface area (Å²) >= 11 is 1.44. The van der Waals surface area contributed by atoms with Gasteiger partial charge in [0.1, 0.15) is 5.00 Å². The normalized spacial score (nSPS) is 14.9. The molecule has 0 saturated heterocycles. The lowest BCUT2D eigenvalue weighted by Crippen LogP contribution is -2.09. The Bertz CT molecular complexity index is 593. The Morgan fingerprint density at radius 3 is 2.89 bits per heavy atom. The molecule has 0 atom stereocenters. The van der Waals surface area contributed by atoms with E-state index in [0.717, 1.165) is 23.5 Å². The van der Waals surface area contributed by atoms with E-state index in [-0.39, 0.29) is 5.69 Å². The summed E-state index contributed by atoms with van der Waals surface area (Å²) in [5, 5.41) is 13.8. The molecule has 0 aromatic carbocycles. The molecule has 19 heavy (non-hydrogen) atoms. The van der Waals surface area contributed by atoms with E-state index in [0.29, 0.717) is 10.9 Å². The van der Waals surface area contributed by atoms with E-state index >= 15 is 0 Å². The number of hydrogen-bond donors (Lipinski definition) is 2. The summed E-state index contributed by atoms with van der Waals surface area (Å²) < 4.78 is 0. The van der Waals surface area contributed by atoms with Gasteiger partial charge < -0.3 is 10.4 Å². The minimum absolute atomic E-state index is 0.107. The van der Waals surface area contributed by atoms with E-state index < -0.39 is 5.97 Å². The molecule has 0 bridgehead atoms. The molecule has 1 aliphatic carbocycles. The van der Waals surface area contributed by atoms with Crippen LogP contribution in [-0.4, -0.2) is 21.0 Å². The van der Waals surface area contributed by atoms with Crippen molar-refractivity contribution in [3.8, 4) is 0 Å². The molecule has 98 valence electrons. The van der Waals surface area contributed by atoms with Gasteiger partial charge in [-0.05, 0) is 25.0 Å². The molecule has 1 saturated carbocycles. The average molecular weight is 275 g/mol. The molecule has 3 rings (SSSR count). The summed E-state index contributed by atoms with van der Waals surface area (Å²) in [5.41, 5.74) is 0.879. The van der Waals surface area contributed by atoms with Crippen LogP contribution in [0.2, 0.25) is 0 Å². The topological polar surface area (TPSA) is 75.1 Å². The maximum Gasteiger partial charge on any atom is 0.357 e. The highest BCUT2D eigenvalue weighted by Gasteiger charge is 2.26. The standard InChI is InChI=1S/C13H13N3O2S/c17-13(18)10-12(15-9-5-2-6-14-7-9)19-11(16-10)8-3-1-4-8/h2,5-8,15H,1,3-4H2,(H,17,18). The van der Waals surface area contributed by atoms with Crippen molar-refractivity contribution in [1.82, 2.24) is 9.97 Å². The first kappa shape index (κ1) is 12.1. The third-order valence-electron chi connectivity index (χ3n) is 3.22. The van der Waals surface area contributed by atoms with Gasteiger partial charge in [-0.15, -0.1) is 11.3 Å². The number of aromatic nitrogens is 2. The highest BCUT2D eigenvalue weighted by Crippen LogP contribution is 2.41. The molecule has 2 aromatic rings. The molecule has 6 heteroatoms. The minimum atomic E-state index is -0.992. The number of anilines is 2. The monoisotopic (exact) mass is 275 g/mol. The Labute approximate surface area is 114 Å². The van der Waals surface area contributed by atoms with Crippen molar-refractivity contribution in [2.24, 2.45) is 0 Å². The van der Waals surface area contributed by atoms with E-state index in [1.165, 1.54) is 17.8 Å². The molecule has 2 heterocycles. The molecule has 1 aliphatic rings. The lowest BCUT2D eigenvalue weighted by molar-refractivity contribution is 0.0692. The zero-order chi connectivity index (χ0) is 13.2. The van der Waals surface area contributed by atoms with Gasteiger partial charge in [0.05, 0.1) is 16.9 Å². The van der Waals surface area contributed by atoms with Crippen LogP contribution in [0.25, 0.3) is 0 Å². The van der Waals surface area contributed by atoms with Crippen LogP contribution in [0.1, 0.15) is 40.7 Å². The second kappa shape index (κ2) is 4.97. The second-order valence-electron chi connectivity index (χ2n) is 4.53. The predicted molar refractivity (Wildman–Crippen MR) is 73.2 cm³/mol. The van der Waals surface area contributed by atoms with E-state index in [2.05, 4.69) is 15.3 Å². The summed E-state index contributed by atoms with van der Waals surface area (Å²) in [5.74, 6) is -0.555. The van der Waals surface area contributed by atoms with Gasteiger partial charge in [0.15, 0.2) is 5.69 Å². The quantitative estimate of drug-likeness (QED) is 0.895. The van der Waals surface area contributed by atoms with Crippen molar-refractivity contribution in [3.05, 3.63) is 35.2 Å². The Kier molecular flexibility index (Phi) is 3.16. The summed E-state index contributed by atoms with van der Waals surface area (Å²) in [6.45, 7) is 0. The number of carboxylic acid groups (broad SMARTS) is 1. The summed E-state index contributed by atoms with van der Waals surface area (Å²) in [6.07, 6.45) is 6.76. The fourth-order valence-electron chi connectivity index (χ4n) is 1.96. The van der Waals surface area contributed by atoms with Crippen LogP contribution in [0, 0.1) is 0 Å². The van der Waals surface area contributed by atoms with Crippen molar-refractivity contribution in [2.75, 3.05) is 5.32 Å². The number of nitrogens with one attached hydrogen (secondary N) is 1. The number of rotatable bonds is 4. The van der Waals surface area contributed by atoms with Gasteiger partial charge in [0.2, 0.25) is 0 Å². The van der Waals surface area contributed by atoms with E-state index in [1.807, 2.05) is 6.07 Å². The maximum absolute atomic E-state index is 11.2. The minimum Gasteiger partial charge on any atom is -0.476 e. The molecule has 0 radical (unpaired) electrons. The SMILES string of the molecule is O=C(O)c1nc(C2CCC2)sc1Nc1cccnc1. The Morgan fingerprint density at radius 1 is 1.47 bits per heavy atom. The molecule has 5 nitrogen and oxygen atoms in total. The Balaban J connectivity index is 1.90. The molecule has 0 spiro atoms. The second-order valence-corrected chi connectivity index (χ2v) is 5.56. The van der Waals surface area contributed by atoms with Gasteiger partial charge in [0, 0.05) is 12.1 Å². The number of nitrogens with zero attached hydrogens (tertiary/aromatic N) is 2. The van der Waals surface area contributed by atoms with Crippen molar-refractivity contribution < 1.29 is 9.90 Å². The molecule has 0 aliphatic heterocycles. The molecular weight excluding hydrogens is 262 g/mol. The number of hydrogen-bond acceptors (Lipinski definition) is 5. The van der Waals surface area contributed by atoms with Crippen molar-refractivity contribution in [1.29, 1.82) is 0 Å².